The van der Waals surface area contributed by atoms with E-state index in [-0.39, 0.29) is 6.42 Å². The number of aromatic nitrogens is 1. The van der Waals surface area contributed by atoms with E-state index < -0.39 is 42.3 Å². The van der Waals surface area contributed by atoms with E-state index in [0.29, 0.717) is 5.69 Å². The zero-order chi connectivity index (χ0) is 23.2. The van der Waals surface area contributed by atoms with Gasteiger partial charge in [-0.25, -0.2) is 14.6 Å². The van der Waals surface area contributed by atoms with Gasteiger partial charge in [-0.2, -0.15) is 0 Å². The molecule has 170 valence electrons. The predicted octanol–water partition coefficient (Wildman–Crippen LogP) is 3.00. The first-order valence-corrected chi connectivity index (χ1v) is 11.4. The molecule has 1 aromatic heterocycles. The van der Waals surface area contributed by atoms with Crippen LogP contribution in [0.25, 0.3) is 0 Å². The molecule has 0 spiro atoms. The summed E-state index contributed by atoms with van der Waals surface area (Å²) in [5, 5.41) is 6.98. The molecule has 8 nitrogen and oxygen atoms in total. The highest BCUT2D eigenvalue weighted by Gasteiger charge is 2.38. The lowest BCUT2D eigenvalue weighted by Crippen LogP contribution is -2.52. The highest BCUT2D eigenvalue weighted by Crippen LogP contribution is 2.26. The van der Waals surface area contributed by atoms with Crippen molar-refractivity contribution in [3.05, 3.63) is 88.4 Å². The maximum Gasteiger partial charge on any atom is 0.408 e. The average molecular weight is 466 g/mol. The monoisotopic (exact) mass is 465 g/mol. The summed E-state index contributed by atoms with van der Waals surface area (Å²) >= 11 is 1.39. The number of nitrogens with one attached hydrogen (secondary N) is 2. The Morgan fingerprint density at radius 2 is 1.76 bits per heavy atom. The molecule has 0 bridgehead atoms. The Kier molecular flexibility index (Phi) is 6.99. The van der Waals surface area contributed by atoms with Crippen LogP contribution in [0.3, 0.4) is 0 Å². The molecule has 2 amide bonds. The summed E-state index contributed by atoms with van der Waals surface area (Å²) in [6.07, 6.45) is -1.83. The highest BCUT2D eigenvalue weighted by molar-refractivity contribution is 7.07. The van der Waals surface area contributed by atoms with Crippen LogP contribution < -0.4 is 10.6 Å². The topological polar surface area (TPSA) is 107 Å². The van der Waals surface area contributed by atoms with E-state index in [1.807, 2.05) is 60.7 Å². The number of esters is 1. The summed E-state index contributed by atoms with van der Waals surface area (Å²) in [4.78, 5) is 41.9. The van der Waals surface area contributed by atoms with E-state index in [0.717, 1.165) is 11.1 Å². The average Bonchev–Trinajstić information content (AvgIpc) is 3.46. The first-order valence-electron chi connectivity index (χ1n) is 10.5. The normalized spacial score (nSPS) is 18.3. The standard InChI is InChI=1S/C24H23N3O5S/c1-15-20(27-24(30)31-15)22(28)26-19(12-18-13-33-14-25-18)23(29)32-21(16-8-4-2-5-9-16)17-10-6-3-7-11-17/h2-11,13-15,19-21H,12H2,1H3,(H,26,28)(H,27,30)/t15-,19+,20-/m1/s1. The lowest BCUT2D eigenvalue weighted by Gasteiger charge is -2.24. The molecule has 1 aliphatic rings. The van der Waals surface area contributed by atoms with Gasteiger partial charge in [0.05, 0.1) is 11.2 Å². The fourth-order valence-electron chi connectivity index (χ4n) is 3.58. The summed E-state index contributed by atoms with van der Waals surface area (Å²) in [6.45, 7) is 1.61. The predicted molar refractivity (Wildman–Crippen MR) is 121 cm³/mol. The quantitative estimate of drug-likeness (QED) is 0.496. The Labute approximate surface area is 194 Å². The van der Waals surface area contributed by atoms with Crippen LogP contribution in [-0.4, -0.2) is 41.1 Å². The molecule has 33 heavy (non-hydrogen) atoms. The third kappa shape index (κ3) is 5.56. The molecule has 2 heterocycles. The first kappa shape index (κ1) is 22.5. The van der Waals surface area contributed by atoms with Gasteiger partial charge in [-0.1, -0.05) is 60.7 Å². The van der Waals surface area contributed by atoms with Crippen LogP contribution in [0.1, 0.15) is 29.8 Å². The third-order valence-corrected chi connectivity index (χ3v) is 5.89. The minimum atomic E-state index is -1.00. The van der Waals surface area contributed by atoms with E-state index in [2.05, 4.69) is 15.6 Å². The number of ether oxygens (including phenoxy) is 2. The Morgan fingerprint density at radius 3 is 2.27 bits per heavy atom. The molecule has 2 N–H and O–H groups in total. The molecular formula is C24H23N3O5S. The zero-order valence-corrected chi connectivity index (χ0v) is 18.7. The molecule has 4 rings (SSSR count). The molecule has 3 aromatic rings. The van der Waals surface area contributed by atoms with Crippen LogP contribution in [0.2, 0.25) is 0 Å². The van der Waals surface area contributed by atoms with Crippen molar-refractivity contribution in [3.8, 4) is 0 Å². The maximum atomic E-state index is 13.3. The largest absolute Gasteiger partial charge is 0.451 e. The third-order valence-electron chi connectivity index (χ3n) is 5.25. The summed E-state index contributed by atoms with van der Waals surface area (Å²) in [5.74, 6) is -1.13. The molecule has 0 saturated carbocycles. The van der Waals surface area contributed by atoms with Gasteiger partial charge in [0.2, 0.25) is 5.91 Å². The fourth-order valence-corrected chi connectivity index (χ4v) is 4.15. The van der Waals surface area contributed by atoms with Crippen molar-refractivity contribution in [3.63, 3.8) is 0 Å². The van der Waals surface area contributed by atoms with Crippen molar-refractivity contribution in [2.75, 3.05) is 0 Å². The lowest BCUT2D eigenvalue weighted by atomic mass is 10.0. The summed E-state index contributed by atoms with van der Waals surface area (Å²) in [5.41, 5.74) is 3.92. The van der Waals surface area contributed by atoms with Gasteiger partial charge in [-0.15, -0.1) is 11.3 Å². The van der Waals surface area contributed by atoms with Gasteiger partial charge >= 0.3 is 12.1 Å². The Bertz CT molecular complexity index is 1050. The van der Waals surface area contributed by atoms with Crippen molar-refractivity contribution in [2.45, 2.75) is 37.6 Å². The number of carbonyl (C=O) groups is 3. The molecule has 2 aromatic carbocycles. The molecular weight excluding hydrogens is 442 g/mol. The number of cyclic esters (lactones) is 1. The number of thiazole rings is 1. The summed E-state index contributed by atoms with van der Waals surface area (Å²) < 4.78 is 10.9. The highest BCUT2D eigenvalue weighted by atomic mass is 32.1. The SMILES string of the molecule is C[C@H]1OC(=O)N[C@H]1C(=O)N[C@@H](Cc1cscn1)C(=O)OC(c1ccccc1)c1ccccc1. The number of carbonyl (C=O) groups excluding carboxylic acids is 3. The number of alkyl carbamates (subject to hydrolysis) is 1. The van der Waals surface area contributed by atoms with Gasteiger partial charge in [0.1, 0.15) is 18.2 Å². The van der Waals surface area contributed by atoms with Crippen LogP contribution in [-0.2, 0) is 25.5 Å². The molecule has 0 radical (unpaired) electrons. The smallest absolute Gasteiger partial charge is 0.408 e. The van der Waals surface area contributed by atoms with Crippen LogP contribution >= 0.6 is 11.3 Å². The van der Waals surface area contributed by atoms with Crippen LogP contribution in [0.5, 0.6) is 0 Å². The van der Waals surface area contributed by atoms with Crippen molar-refractivity contribution < 1.29 is 23.9 Å². The molecule has 0 unspecified atom stereocenters. The number of rotatable bonds is 8. The van der Waals surface area contributed by atoms with Crippen molar-refractivity contribution in [1.29, 1.82) is 0 Å². The minimum Gasteiger partial charge on any atom is -0.451 e. The zero-order valence-electron chi connectivity index (χ0n) is 17.8. The molecule has 1 aliphatic heterocycles. The Morgan fingerprint density at radius 1 is 1.12 bits per heavy atom. The van der Waals surface area contributed by atoms with Gasteiger partial charge < -0.3 is 20.1 Å². The number of hydrogen-bond acceptors (Lipinski definition) is 7. The van der Waals surface area contributed by atoms with Crippen LogP contribution in [0, 0.1) is 0 Å². The van der Waals surface area contributed by atoms with E-state index in [4.69, 9.17) is 9.47 Å². The maximum absolute atomic E-state index is 13.3. The van der Waals surface area contributed by atoms with Crippen LogP contribution in [0.4, 0.5) is 4.79 Å². The Hall–Kier alpha value is -3.72. The summed E-state index contributed by atoms with van der Waals surface area (Å²) in [6, 6.07) is 16.9. The molecule has 9 heteroatoms. The van der Waals surface area contributed by atoms with Crippen molar-refractivity contribution in [2.24, 2.45) is 0 Å². The number of nitrogens with zero attached hydrogens (tertiary/aromatic N) is 1. The van der Waals surface area contributed by atoms with Crippen LogP contribution in [0.15, 0.2) is 71.6 Å². The van der Waals surface area contributed by atoms with Gasteiger partial charge in [-0.3, -0.25) is 4.79 Å². The molecule has 1 saturated heterocycles. The molecule has 0 aliphatic carbocycles. The first-order chi connectivity index (χ1) is 16.0. The van der Waals surface area contributed by atoms with Crippen molar-refractivity contribution >= 4 is 29.3 Å². The Balaban J connectivity index is 1.56. The second-order valence-corrected chi connectivity index (χ2v) is 8.33. The van der Waals surface area contributed by atoms with E-state index in [1.165, 1.54) is 11.3 Å². The van der Waals surface area contributed by atoms with E-state index in [1.54, 1.807) is 17.8 Å². The lowest BCUT2D eigenvalue weighted by molar-refractivity contribution is -0.151. The number of amides is 2. The number of benzene rings is 2. The molecule has 3 atom stereocenters. The number of hydrogen-bond donors (Lipinski definition) is 2. The van der Waals surface area contributed by atoms with E-state index in [9.17, 15) is 14.4 Å². The summed E-state index contributed by atoms with van der Waals surface area (Å²) in [7, 11) is 0. The van der Waals surface area contributed by atoms with Gasteiger partial charge in [0.15, 0.2) is 6.10 Å². The van der Waals surface area contributed by atoms with Crippen molar-refractivity contribution in [1.82, 2.24) is 15.6 Å². The van der Waals surface area contributed by atoms with Gasteiger partial charge in [0, 0.05) is 11.8 Å². The van der Waals surface area contributed by atoms with Gasteiger partial charge in [-0.05, 0) is 18.1 Å². The fraction of sp³-hybridized carbons (Fsp3) is 0.250. The second kappa shape index (κ2) is 10.3. The minimum absolute atomic E-state index is 0.153. The second-order valence-electron chi connectivity index (χ2n) is 7.62. The molecule has 1 fully saturated rings. The van der Waals surface area contributed by atoms with Gasteiger partial charge in [0.25, 0.3) is 0 Å². The van der Waals surface area contributed by atoms with E-state index >= 15 is 0 Å².